The van der Waals surface area contributed by atoms with Crippen LogP contribution in [-0.4, -0.2) is 24.2 Å². The molecular weight excluding hydrogens is 276 g/mol. The van der Waals surface area contributed by atoms with Gasteiger partial charge in [-0.2, -0.15) is 11.3 Å². The van der Waals surface area contributed by atoms with E-state index in [-0.39, 0.29) is 0 Å². The van der Waals surface area contributed by atoms with Crippen LogP contribution in [0, 0.1) is 0 Å². The van der Waals surface area contributed by atoms with Gasteiger partial charge in [0.2, 0.25) is 0 Å². The third-order valence-electron chi connectivity index (χ3n) is 2.69. The fourth-order valence-corrected chi connectivity index (χ4v) is 2.46. The Morgan fingerprint density at radius 3 is 2.63 bits per heavy atom. The summed E-state index contributed by atoms with van der Waals surface area (Å²) in [6.07, 6.45) is 0. The van der Waals surface area contributed by atoms with Gasteiger partial charge < -0.3 is 15.0 Å². The van der Waals surface area contributed by atoms with Crippen molar-refractivity contribution < 1.29 is 4.74 Å². The Kier molecular flexibility index (Phi) is 4.76. The van der Waals surface area contributed by atoms with E-state index >= 15 is 0 Å². The predicted octanol–water partition coefficient (Wildman–Crippen LogP) is 3.59. The van der Waals surface area contributed by atoms with Gasteiger partial charge in [0.1, 0.15) is 5.75 Å². The van der Waals surface area contributed by atoms with Gasteiger partial charge >= 0.3 is 0 Å². The molecule has 19 heavy (non-hydrogen) atoms. The number of thiocarbonyl (C=S) groups is 1. The summed E-state index contributed by atoms with van der Waals surface area (Å²) in [5.41, 5.74) is 2.23. The van der Waals surface area contributed by atoms with Gasteiger partial charge in [0, 0.05) is 19.3 Å². The Morgan fingerprint density at radius 1 is 1.32 bits per heavy atom. The fraction of sp³-hybridized carbons (Fsp3) is 0.214. The second-order valence-electron chi connectivity index (χ2n) is 4.15. The Hall–Kier alpha value is -1.59. The highest BCUT2D eigenvalue weighted by atomic mass is 32.1. The molecule has 1 heterocycles. The lowest BCUT2D eigenvalue weighted by molar-refractivity contribution is 0.415. The van der Waals surface area contributed by atoms with E-state index in [0.717, 1.165) is 18.0 Å². The maximum atomic E-state index is 5.38. The van der Waals surface area contributed by atoms with Crippen LogP contribution in [0.5, 0.6) is 5.75 Å². The van der Waals surface area contributed by atoms with E-state index in [9.17, 15) is 0 Å². The average Bonchev–Trinajstić information content (AvgIpc) is 2.92. The van der Waals surface area contributed by atoms with E-state index in [0.29, 0.717) is 5.11 Å². The van der Waals surface area contributed by atoms with Gasteiger partial charge in [0.25, 0.3) is 0 Å². The molecule has 0 atom stereocenters. The summed E-state index contributed by atoms with van der Waals surface area (Å²) >= 11 is 7.08. The van der Waals surface area contributed by atoms with E-state index in [1.807, 2.05) is 36.2 Å². The first kappa shape index (κ1) is 13.8. The number of anilines is 1. The van der Waals surface area contributed by atoms with Crippen molar-refractivity contribution in [1.82, 2.24) is 4.90 Å². The van der Waals surface area contributed by atoms with E-state index in [1.165, 1.54) is 5.56 Å². The quantitative estimate of drug-likeness (QED) is 0.871. The number of rotatable bonds is 4. The number of ether oxygens (including phenoxy) is 1. The summed E-state index contributed by atoms with van der Waals surface area (Å²) in [6.45, 7) is 0.811. The van der Waals surface area contributed by atoms with Gasteiger partial charge in [-0.1, -0.05) is 0 Å². The minimum absolute atomic E-state index is 0.705. The van der Waals surface area contributed by atoms with Crippen molar-refractivity contribution in [3.8, 4) is 5.75 Å². The monoisotopic (exact) mass is 292 g/mol. The minimum atomic E-state index is 0.705. The molecule has 1 aromatic carbocycles. The molecule has 0 bridgehead atoms. The van der Waals surface area contributed by atoms with Crippen molar-refractivity contribution in [2.24, 2.45) is 0 Å². The van der Waals surface area contributed by atoms with Crippen molar-refractivity contribution in [1.29, 1.82) is 0 Å². The molecule has 0 saturated heterocycles. The van der Waals surface area contributed by atoms with E-state index in [1.54, 1.807) is 18.4 Å². The van der Waals surface area contributed by atoms with Gasteiger partial charge in [0.05, 0.1) is 7.11 Å². The van der Waals surface area contributed by atoms with E-state index in [2.05, 4.69) is 22.1 Å². The van der Waals surface area contributed by atoms with Gasteiger partial charge in [-0.15, -0.1) is 0 Å². The molecule has 100 valence electrons. The van der Waals surface area contributed by atoms with Crippen LogP contribution in [0.1, 0.15) is 5.56 Å². The highest BCUT2D eigenvalue weighted by molar-refractivity contribution is 7.80. The van der Waals surface area contributed by atoms with Gasteiger partial charge in [-0.3, -0.25) is 0 Å². The maximum absolute atomic E-state index is 5.38. The van der Waals surface area contributed by atoms with Crippen LogP contribution in [0.3, 0.4) is 0 Å². The Labute approximate surface area is 122 Å². The van der Waals surface area contributed by atoms with Crippen molar-refractivity contribution >= 4 is 34.4 Å². The zero-order valence-corrected chi connectivity index (χ0v) is 12.6. The summed E-state index contributed by atoms with van der Waals surface area (Å²) in [5, 5.41) is 8.12. The molecule has 0 aliphatic heterocycles. The lowest BCUT2D eigenvalue weighted by Gasteiger charge is -2.20. The second kappa shape index (κ2) is 6.54. The van der Waals surface area contributed by atoms with Gasteiger partial charge in [0.15, 0.2) is 5.11 Å². The first-order valence-corrected chi connectivity index (χ1v) is 7.21. The molecule has 0 saturated carbocycles. The fourth-order valence-electron chi connectivity index (χ4n) is 1.62. The maximum Gasteiger partial charge on any atom is 0.173 e. The Morgan fingerprint density at radius 2 is 2.05 bits per heavy atom. The van der Waals surface area contributed by atoms with Crippen LogP contribution in [0.25, 0.3) is 0 Å². The predicted molar refractivity (Wildman–Crippen MR) is 85.0 cm³/mol. The van der Waals surface area contributed by atoms with Gasteiger partial charge in [-0.25, -0.2) is 0 Å². The molecule has 0 aliphatic carbocycles. The first-order chi connectivity index (χ1) is 9.19. The van der Waals surface area contributed by atoms with Gasteiger partial charge in [-0.05, 0) is 58.9 Å². The Bertz CT molecular complexity index is 523. The molecule has 0 unspecified atom stereocenters. The van der Waals surface area contributed by atoms with Crippen molar-refractivity contribution in [3.63, 3.8) is 0 Å². The smallest absolute Gasteiger partial charge is 0.173 e. The number of benzene rings is 1. The molecule has 0 aliphatic rings. The molecule has 0 radical (unpaired) electrons. The minimum Gasteiger partial charge on any atom is -0.497 e. The lowest BCUT2D eigenvalue weighted by atomic mass is 10.3. The third kappa shape index (κ3) is 3.94. The second-order valence-corrected chi connectivity index (χ2v) is 5.31. The van der Waals surface area contributed by atoms with Crippen LogP contribution in [0.2, 0.25) is 0 Å². The number of hydrogen-bond acceptors (Lipinski definition) is 3. The largest absolute Gasteiger partial charge is 0.497 e. The summed E-state index contributed by atoms with van der Waals surface area (Å²) < 4.78 is 5.12. The standard InChI is InChI=1S/C14H16N2OS2/c1-16(9-11-7-8-19-10-11)14(18)15-12-3-5-13(17-2)6-4-12/h3-8,10H,9H2,1-2H3,(H,15,18). The zero-order valence-electron chi connectivity index (χ0n) is 10.9. The summed E-state index contributed by atoms with van der Waals surface area (Å²) in [6, 6.07) is 9.82. The van der Waals surface area contributed by atoms with Crippen LogP contribution < -0.4 is 10.1 Å². The number of nitrogens with one attached hydrogen (secondary N) is 1. The summed E-state index contributed by atoms with van der Waals surface area (Å²) in [5.74, 6) is 0.836. The van der Waals surface area contributed by atoms with Crippen LogP contribution in [-0.2, 0) is 6.54 Å². The summed E-state index contributed by atoms with van der Waals surface area (Å²) in [4.78, 5) is 2.02. The molecule has 3 nitrogen and oxygen atoms in total. The van der Waals surface area contributed by atoms with Crippen molar-refractivity contribution in [2.45, 2.75) is 6.54 Å². The van der Waals surface area contributed by atoms with E-state index < -0.39 is 0 Å². The normalized spacial score (nSPS) is 10.0. The van der Waals surface area contributed by atoms with Crippen molar-refractivity contribution in [2.75, 3.05) is 19.5 Å². The van der Waals surface area contributed by atoms with Crippen LogP contribution >= 0.6 is 23.6 Å². The molecule has 2 aromatic rings. The molecular formula is C14H16N2OS2. The number of nitrogens with zero attached hydrogens (tertiary/aromatic N) is 1. The van der Waals surface area contributed by atoms with Crippen LogP contribution in [0.4, 0.5) is 5.69 Å². The number of thiophene rings is 1. The number of hydrogen-bond donors (Lipinski definition) is 1. The van der Waals surface area contributed by atoms with E-state index in [4.69, 9.17) is 17.0 Å². The lowest BCUT2D eigenvalue weighted by Crippen LogP contribution is -2.30. The SMILES string of the molecule is COc1ccc(NC(=S)N(C)Cc2ccsc2)cc1. The molecule has 0 spiro atoms. The molecule has 1 N–H and O–H groups in total. The molecule has 2 rings (SSSR count). The summed E-state index contributed by atoms with van der Waals surface area (Å²) in [7, 11) is 3.64. The van der Waals surface area contributed by atoms with Crippen LogP contribution in [0.15, 0.2) is 41.1 Å². The zero-order chi connectivity index (χ0) is 13.7. The third-order valence-corrected chi connectivity index (χ3v) is 3.83. The first-order valence-electron chi connectivity index (χ1n) is 5.86. The molecule has 5 heteroatoms. The highest BCUT2D eigenvalue weighted by Gasteiger charge is 2.06. The molecule has 1 aromatic heterocycles. The molecule has 0 amide bonds. The Balaban J connectivity index is 1.92. The number of methoxy groups -OCH3 is 1. The highest BCUT2D eigenvalue weighted by Crippen LogP contribution is 2.16. The topological polar surface area (TPSA) is 24.5 Å². The van der Waals surface area contributed by atoms with Crippen molar-refractivity contribution in [3.05, 3.63) is 46.7 Å². The molecule has 0 fully saturated rings. The average molecular weight is 292 g/mol.